The fourth-order valence-corrected chi connectivity index (χ4v) is 9.11. The minimum Gasteiger partial charge on any atom is -0.756 e. The molecule has 0 aromatic heterocycles. The number of nitrogens with one attached hydrogen (secondary N) is 1. The minimum atomic E-state index is -4.57. The number of carbonyl (C=O) groups is 1. The number of aliphatic hydroxyl groups excluding tert-OH is 1. The van der Waals surface area contributed by atoms with Gasteiger partial charge in [-0.2, -0.15) is 0 Å². The van der Waals surface area contributed by atoms with Crippen LogP contribution in [0.5, 0.6) is 0 Å². The van der Waals surface area contributed by atoms with Crippen LogP contribution >= 0.6 is 7.82 Å². The molecular formula is C58H111N2O6P. The summed E-state index contributed by atoms with van der Waals surface area (Å²) >= 11 is 0. The summed E-state index contributed by atoms with van der Waals surface area (Å²) in [5, 5.41) is 14.0. The second-order valence-electron chi connectivity index (χ2n) is 20.6. The number of aliphatic hydroxyl groups is 1. The Bertz CT molecular complexity index is 1230. The van der Waals surface area contributed by atoms with Crippen molar-refractivity contribution in [1.29, 1.82) is 0 Å². The molecule has 0 aliphatic rings. The number of rotatable bonds is 52. The topological polar surface area (TPSA) is 108 Å². The van der Waals surface area contributed by atoms with Crippen LogP contribution in [0.4, 0.5) is 0 Å². The van der Waals surface area contributed by atoms with E-state index in [4.69, 9.17) is 9.05 Å². The van der Waals surface area contributed by atoms with Crippen molar-refractivity contribution >= 4 is 13.7 Å². The molecule has 0 fully saturated rings. The normalized spacial score (nSPS) is 14.3. The summed E-state index contributed by atoms with van der Waals surface area (Å²) in [4.78, 5) is 25.5. The maximum atomic E-state index is 13.0. The molecule has 9 heteroatoms. The van der Waals surface area contributed by atoms with Gasteiger partial charge in [0.2, 0.25) is 5.91 Å². The zero-order valence-electron chi connectivity index (χ0n) is 44.9. The molecule has 0 aromatic rings. The lowest BCUT2D eigenvalue weighted by atomic mass is 10.0. The molecule has 0 rings (SSSR count). The number of carbonyl (C=O) groups excluding carboxylic acids is 1. The molecule has 2 N–H and O–H groups in total. The Morgan fingerprint density at radius 3 is 1.33 bits per heavy atom. The van der Waals surface area contributed by atoms with Crippen LogP contribution in [0.3, 0.4) is 0 Å². The van der Waals surface area contributed by atoms with E-state index in [1.807, 2.05) is 21.1 Å². The molecule has 0 saturated carbocycles. The molecule has 1 amide bonds. The van der Waals surface area contributed by atoms with Crippen LogP contribution in [0.25, 0.3) is 0 Å². The van der Waals surface area contributed by atoms with Crippen LogP contribution < -0.4 is 10.2 Å². The van der Waals surface area contributed by atoms with E-state index in [0.29, 0.717) is 23.9 Å². The first-order valence-electron chi connectivity index (χ1n) is 28.5. The highest BCUT2D eigenvalue weighted by atomic mass is 31.2. The van der Waals surface area contributed by atoms with Crippen LogP contribution in [0.15, 0.2) is 48.6 Å². The van der Waals surface area contributed by atoms with E-state index in [0.717, 1.165) is 64.2 Å². The molecule has 8 nitrogen and oxygen atoms in total. The van der Waals surface area contributed by atoms with Gasteiger partial charge in [0.05, 0.1) is 39.9 Å². The van der Waals surface area contributed by atoms with Crippen LogP contribution in [0.1, 0.15) is 264 Å². The van der Waals surface area contributed by atoms with Gasteiger partial charge in [0.1, 0.15) is 13.2 Å². The first-order chi connectivity index (χ1) is 32.5. The molecule has 394 valence electrons. The van der Waals surface area contributed by atoms with Gasteiger partial charge in [0.25, 0.3) is 7.82 Å². The number of quaternary nitrogens is 1. The van der Waals surface area contributed by atoms with Crippen molar-refractivity contribution in [2.45, 2.75) is 276 Å². The van der Waals surface area contributed by atoms with Gasteiger partial charge in [-0.25, -0.2) is 0 Å². The number of amides is 1. The Morgan fingerprint density at radius 2 is 0.910 bits per heavy atom. The maximum absolute atomic E-state index is 13.0. The van der Waals surface area contributed by atoms with Crippen molar-refractivity contribution in [3.8, 4) is 0 Å². The van der Waals surface area contributed by atoms with Gasteiger partial charge in [-0.3, -0.25) is 9.36 Å². The number of allylic oxidation sites excluding steroid dienone is 8. The van der Waals surface area contributed by atoms with E-state index in [2.05, 4.69) is 67.8 Å². The Hall–Kier alpha value is -1.54. The standard InChI is InChI=1S/C58H111N2O6P/c1-6-8-10-12-14-16-18-20-22-23-24-25-26-27-28-29-30-31-32-33-34-35-36-37-38-40-42-44-46-48-50-52-58(62)59-56(55-66-67(63,64)65-54-53-60(3,4)5)57(61)51-49-47-45-43-41-39-21-19-17-15-13-11-9-7-2/h8,10,14,16,20,22,24-25,56-57,61H,6-7,9,11-13,15,17-19,21,23,26-55H2,1-5H3,(H-,59,62,63,64)/b10-8-,16-14-,22-20-,25-24-. The molecule has 3 atom stereocenters. The molecule has 3 unspecified atom stereocenters. The van der Waals surface area contributed by atoms with Crippen molar-refractivity contribution in [2.24, 2.45) is 0 Å². The third-order valence-corrected chi connectivity index (χ3v) is 13.8. The van der Waals surface area contributed by atoms with E-state index in [1.165, 1.54) is 173 Å². The van der Waals surface area contributed by atoms with Gasteiger partial charge >= 0.3 is 0 Å². The zero-order valence-corrected chi connectivity index (χ0v) is 45.7. The molecule has 0 spiro atoms. The fraction of sp³-hybridized carbons (Fsp3) is 0.845. The van der Waals surface area contributed by atoms with E-state index < -0.39 is 20.0 Å². The molecule has 0 saturated heterocycles. The SMILES string of the molecule is CC/C=C\C/C=C\C/C=C\C/C=C\CCCCCCCCCCCCCCCCCCCCC(=O)NC(COP(=O)([O-])OCC[N+](C)(C)C)C(O)CCCCCCCCCCCCCCCC. The van der Waals surface area contributed by atoms with E-state index in [9.17, 15) is 19.4 Å². The van der Waals surface area contributed by atoms with Gasteiger partial charge in [0.15, 0.2) is 0 Å². The summed E-state index contributed by atoms with van der Waals surface area (Å²) in [5.74, 6) is -0.163. The van der Waals surface area contributed by atoms with Crippen LogP contribution in [0, 0.1) is 0 Å². The largest absolute Gasteiger partial charge is 0.756 e. The van der Waals surface area contributed by atoms with Gasteiger partial charge in [0, 0.05) is 6.42 Å². The average molecular weight is 964 g/mol. The van der Waals surface area contributed by atoms with Gasteiger partial charge in [-0.05, 0) is 51.4 Å². The van der Waals surface area contributed by atoms with Crippen LogP contribution in [-0.4, -0.2) is 68.5 Å². The van der Waals surface area contributed by atoms with Gasteiger partial charge < -0.3 is 28.8 Å². The lowest BCUT2D eigenvalue weighted by Gasteiger charge is -2.30. The molecule has 0 bridgehead atoms. The molecule has 0 aromatic carbocycles. The predicted octanol–water partition coefficient (Wildman–Crippen LogP) is 16.5. The first-order valence-corrected chi connectivity index (χ1v) is 29.9. The molecule has 0 radical (unpaired) electrons. The Balaban J connectivity index is 4.03. The minimum absolute atomic E-state index is 0.0129. The molecular weight excluding hydrogens is 852 g/mol. The zero-order chi connectivity index (χ0) is 49.2. The number of likely N-dealkylation sites (N-methyl/N-ethyl adjacent to an activating group) is 1. The van der Waals surface area contributed by atoms with E-state index in [1.54, 1.807) is 0 Å². The molecule has 67 heavy (non-hydrogen) atoms. The van der Waals surface area contributed by atoms with Crippen molar-refractivity contribution in [1.82, 2.24) is 5.32 Å². The van der Waals surface area contributed by atoms with Gasteiger partial charge in [-0.15, -0.1) is 0 Å². The Labute approximate surface area is 416 Å². The van der Waals surface area contributed by atoms with Crippen molar-refractivity contribution in [3.63, 3.8) is 0 Å². The third kappa shape index (κ3) is 52.1. The third-order valence-electron chi connectivity index (χ3n) is 12.8. The van der Waals surface area contributed by atoms with Gasteiger partial charge in [-0.1, -0.05) is 255 Å². The summed E-state index contributed by atoms with van der Waals surface area (Å²) < 4.78 is 23.4. The molecule has 0 aliphatic carbocycles. The smallest absolute Gasteiger partial charge is 0.268 e. The lowest BCUT2D eigenvalue weighted by molar-refractivity contribution is -0.870. The highest BCUT2D eigenvalue weighted by Gasteiger charge is 2.24. The second kappa shape index (κ2) is 49.4. The second-order valence-corrected chi connectivity index (χ2v) is 22.0. The van der Waals surface area contributed by atoms with Crippen LogP contribution in [-0.2, 0) is 18.4 Å². The number of phosphoric ester groups is 1. The molecule has 0 aliphatic heterocycles. The lowest BCUT2D eigenvalue weighted by Crippen LogP contribution is -2.46. The maximum Gasteiger partial charge on any atom is 0.268 e. The fourth-order valence-electron chi connectivity index (χ4n) is 8.39. The summed E-state index contributed by atoms with van der Waals surface area (Å²) in [6, 6.07) is -0.799. The Morgan fingerprint density at radius 1 is 0.537 bits per heavy atom. The number of hydrogen-bond donors (Lipinski definition) is 2. The quantitative estimate of drug-likeness (QED) is 0.0272. The monoisotopic (exact) mass is 963 g/mol. The molecule has 0 heterocycles. The highest BCUT2D eigenvalue weighted by Crippen LogP contribution is 2.38. The number of unbranched alkanes of at least 4 members (excludes halogenated alkanes) is 31. The van der Waals surface area contributed by atoms with E-state index >= 15 is 0 Å². The number of hydrogen-bond acceptors (Lipinski definition) is 6. The predicted molar refractivity (Wildman–Crippen MR) is 288 cm³/mol. The number of nitrogens with zero attached hydrogens (tertiary/aromatic N) is 1. The Kier molecular flexibility index (Phi) is 48.3. The van der Waals surface area contributed by atoms with Crippen molar-refractivity contribution < 1.29 is 32.9 Å². The number of phosphoric acid groups is 1. The summed E-state index contributed by atoms with van der Waals surface area (Å²) in [6.45, 7) is 4.63. The van der Waals surface area contributed by atoms with Crippen LogP contribution in [0.2, 0.25) is 0 Å². The summed E-state index contributed by atoms with van der Waals surface area (Å²) in [5.41, 5.74) is 0. The van der Waals surface area contributed by atoms with E-state index in [-0.39, 0.29) is 19.1 Å². The average Bonchev–Trinajstić information content (AvgIpc) is 3.29. The highest BCUT2D eigenvalue weighted by molar-refractivity contribution is 7.45. The summed E-state index contributed by atoms with van der Waals surface area (Å²) in [6.07, 6.45) is 64.3. The summed E-state index contributed by atoms with van der Waals surface area (Å²) in [7, 11) is 1.31. The first kappa shape index (κ1) is 65.5. The van der Waals surface area contributed by atoms with Crippen molar-refractivity contribution in [3.05, 3.63) is 48.6 Å². The van der Waals surface area contributed by atoms with Crippen molar-refractivity contribution in [2.75, 3.05) is 40.9 Å².